The maximum absolute atomic E-state index is 4.61. The van der Waals surface area contributed by atoms with Gasteiger partial charge in [-0.3, -0.25) is 9.88 Å². The number of aromatic nitrogens is 1. The van der Waals surface area contributed by atoms with Gasteiger partial charge in [0.15, 0.2) is 0 Å². The van der Waals surface area contributed by atoms with Crippen molar-refractivity contribution in [2.75, 3.05) is 13.6 Å². The molecule has 0 aromatic carbocycles. The van der Waals surface area contributed by atoms with Crippen LogP contribution in [0.15, 0.2) is 18.3 Å². The molecule has 0 radical (unpaired) electrons. The molecular weight excluding hydrogens is 246 g/mol. The Morgan fingerprint density at radius 1 is 1.20 bits per heavy atom. The fraction of sp³-hybridized carbons (Fsp3) is 0.706. The summed E-state index contributed by atoms with van der Waals surface area (Å²) in [7, 11) is 1.96. The molecule has 1 rings (SSSR count). The van der Waals surface area contributed by atoms with E-state index in [0.717, 1.165) is 19.6 Å². The average Bonchev–Trinajstić information content (AvgIpc) is 2.42. The normalized spacial score (nSPS) is 11.8. The largest absolute Gasteiger partial charge is 0.316 e. The monoisotopic (exact) mass is 277 g/mol. The van der Waals surface area contributed by atoms with E-state index in [0.29, 0.717) is 12.0 Å². The van der Waals surface area contributed by atoms with Crippen molar-refractivity contribution in [3.8, 4) is 0 Å². The molecule has 0 unspecified atom stereocenters. The molecule has 1 aromatic rings. The molecule has 3 heteroatoms. The predicted molar refractivity (Wildman–Crippen MR) is 86.6 cm³/mol. The Hall–Kier alpha value is -0.930. The minimum atomic E-state index is 0.663. The summed E-state index contributed by atoms with van der Waals surface area (Å²) in [6, 6.07) is 5.01. The minimum absolute atomic E-state index is 0.663. The molecule has 0 fully saturated rings. The van der Waals surface area contributed by atoms with Crippen LogP contribution in [0.1, 0.15) is 51.8 Å². The number of rotatable bonds is 9. The molecule has 0 aliphatic rings. The standard InChI is InChI=1S/C17H31N3/c1-6-17(7-2)20(12-14(3)4)13-16-9-8-15(10-18-5)11-19-16/h8-9,11,14,17-18H,6-7,10,12-13H2,1-5H3. The van der Waals surface area contributed by atoms with E-state index in [1.807, 2.05) is 13.2 Å². The van der Waals surface area contributed by atoms with E-state index in [1.165, 1.54) is 24.1 Å². The summed E-state index contributed by atoms with van der Waals surface area (Å²) in [5.41, 5.74) is 2.42. The molecule has 1 N–H and O–H groups in total. The van der Waals surface area contributed by atoms with Gasteiger partial charge in [0.05, 0.1) is 5.69 Å². The highest BCUT2D eigenvalue weighted by molar-refractivity contribution is 5.14. The second-order valence-electron chi connectivity index (χ2n) is 5.98. The van der Waals surface area contributed by atoms with Crippen molar-refractivity contribution < 1.29 is 0 Å². The molecule has 3 nitrogen and oxygen atoms in total. The van der Waals surface area contributed by atoms with Gasteiger partial charge < -0.3 is 5.32 Å². The molecule has 0 spiro atoms. The van der Waals surface area contributed by atoms with Crippen LogP contribution in [0.25, 0.3) is 0 Å². The number of pyridine rings is 1. The lowest BCUT2D eigenvalue weighted by Gasteiger charge is -2.31. The average molecular weight is 277 g/mol. The Bertz CT molecular complexity index is 355. The number of nitrogens with zero attached hydrogens (tertiary/aromatic N) is 2. The van der Waals surface area contributed by atoms with Crippen molar-refractivity contribution in [3.63, 3.8) is 0 Å². The van der Waals surface area contributed by atoms with Gasteiger partial charge in [0.25, 0.3) is 0 Å². The lowest BCUT2D eigenvalue weighted by Crippen LogP contribution is -2.37. The van der Waals surface area contributed by atoms with Gasteiger partial charge in [-0.2, -0.15) is 0 Å². The second kappa shape index (κ2) is 9.09. The molecule has 0 bridgehead atoms. The van der Waals surface area contributed by atoms with Gasteiger partial charge in [0.2, 0.25) is 0 Å². The quantitative estimate of drug-likeness (QED) is 0.749. The van der Waals surface area contributed by atoms with Gasteiger partial charge in [-0.05, 0) is 37.4 Å². The molecule has 0 saturated carbocycles. The van der Waals surface area contributed by atoms with Crippen molar-refractivity contribution in [2.45, 2.75) is 59.7 Å². The minimum Gasteiger partial charge on any atom is -0.316 e. The third-order valence-electron chi connectivity index (χ3n) is 3.69. The highest BCUT2D eigenvalue weighted by Crippen LogP contribution is 2.15. The summed E-state index contributed by atoms with van der Waals surface area (Å²) in [4.78, 5) is 7.20. The van der Waals surface area contributed by atoms with E-state index in [2.05, 4.69) is 55.0 Å². The summed E-state index contributed by atoms with van der Waals surface area (Å²) < 4.78 is 0. The maximum atomic E-state index is 4.61. The summed E-state index contributed by atoms with van der Waals surface area (Å²) in [6.07, 6.45) is 4.41. The van der Waals surface area contributed by atoms with Crippen molar-refractivity contribution in [1.29, 1.82) is 0 Å². The lowest BCUT2D eigenvalue weighted by atomic mass is 10.1. The van der Waals surface area contributed by atoms with E-state index in [-0.39, 0.29) is 0 Å². The van der Waals surface area contributed by atoms with Crippen molar-refractivity contribution >= 4 is 0 Å². The molecule has 114 valence electrons. The fourth-order valence-electron chi connectivity index (χ4n) is 2.68. The summed E-state index contributed by atoms with van der Waals surface area (Å²) in [5.74, 6) is 0.694. The SMILES string of the molecule is CCC(CC)N(Cc1ccc(CNC)cn1)CC(C)C. The van der Waals surface area contributed by atoms with Gasteiger partial charge in [-0.15, -0.1) is 0 Å². The zero-order valence-electron chi connectivity index (χ0n) is 13.8. The van der Waals surface area contributed by atoms with Gasteiger partial charge in [-0.1, -0.05) is 33.8 Å². The summed E-state index contributed by atoms with van der Waals surface area (Å²) in [6.45, 7) is 12.1. The molecule has 20 heavy (non-hydrogen) atoms. The van der Waals surface area contributed by atoms with E-state index in [9.17, 15) is 0 Å². The van der Waals surface area contributed by atoms with Crippen molar-refractivity contribution in [3.05, 3.63) is 29.6 Å². The first-order valence-electron chi connectivity index (χ1n) is 7.93. The Labute approximate surface area is 124 Å². The molecule has 0 aliphatic carbocycles. The predicted octanol–water partition coefficient (Wildman–Crippen LogP) is 3.45. The molecule has 0 aliphatic heterocycles. The molecular formula is C17H31N3. The summed E-state index contributed by atoms with van der Waals surface area (Å²) in [5, 5.41) is 3.16. The first-order chi connectivity index (χ1) is 9.60. The molecule has 1 aromatic heterocycles. The van der Waals surface area contributed by atoms with Gasteiger partial charge in [0.1, 0.15) is 0 Å². The zero-order valence-corrected chi connectivity index (χ0v) is 13.8. The van der Waals surface area contributed by atoms with Crippen LogP contribution in [0, 0.1) is 5.92 Å². The number of hydrogen-bond donors (Lipinski definition) is 1. The topological polar surface area (TPSA) is 28.2 Å². The van der Waals surface area contributed by atoms with Crippen LogP contribution < -0.4 is 5.32 Å². The van der Waals surface area contributed by atoms with Crippen LogP contribution in [0.4, 0.5) is 0 Å². The Kier molecular flexibility index (Phi) is 7.78. The van der Waals surface area contributed by atoms with E-state index >= 15 is 0 Å². The van der Waals surface area contributed by atoms with Gasteiger partial charge in [-0.25, -0.2) is 0 Å². The second-order valence-corrected chi connectivity index (χ2v) is 5.98. The lowest BCUT2D eigenvalue weighted by molar-refractivity contribution is 0.155. The van der Waals surface area contributed by atoms with Crippen LogP contribution in [0.3, 0.4) is 0 Å². The fourth-order valence-corrected chi connectivity index (χ4v) is 2.68. The highest BCUT2D eigenvalue weighted by atomic mass is 15.2. The smallest absolute Gasteiger partial charge is 0.0544 e. The van der Waals surface area contributed by atoms with E-state index in [1.54, 1.807) is 0 Å². The van der Waals surface area contributed by atoms with Crippen LogP contribution in [-0.2, 0) is 13.1 Å². The first-order valence-corrected chi connectivity index (χ1v) is 7.93. The zero-order chi connectivity index (χ0) is 15.0. The molecule has 1 heterocycles. The molecule has 0 saturated heterocycles. The third kappa shape index (κ3) is 5.59. The van der Waals surface area contributed by atoms with Gasteiger partial charge >= 0.3 is 0 Å². The maximum Gasteiger partial charge on any atom is 0.0544 e. The van der Waals surface area contributed by atoms with E-state index < -0.39 is 0 Å². The van der Waals surface area contributed by atoms with Crippen LogP contribution in [0.2, 0.25) is 0 Å². The van der Waals surface area contributed by atoms with Crippen LogP contribution in [0.5, 0.6) is 0 Å². The van der Waals surface area contributed by atoms with Crippen LogP contribution in [-0.4, -0.2) is 29.5 Å². The first kappa shape index (κ1) is 17.1. The highest BCUT2D eigenvalue weighted by Gasteiger charge is 2.17. The third-order valence-corrected chi connectivity index (χ3v) is 3.69. The molecule has 0 atom stereocenters. The number of hydrogen-bond acceptors (Lipinski definition) is 3. The Morgan fingerprint density at radius 3 is 2.35 bits per heavy atom. The van der Waals surface area contributed by atoms with Crippen molar-refractivity contribution in [2.24, 2.45) is 5.92 Å². The Morgan fingerprint density at radius 2 is 1.90 bits per heavy atom. The summed E-state index contributed by atoms with van der Waals surface area (Å²) >= 11 is 0. The molecule has 0 amide bonds. The Balaban J connectivity index is 2.72. The van der Waals surface area contributed by atoms with E-state index in [4.69, 9.17) is 0 Å². The van der Waals surface area contributed by atoms with Crippen LogP contribution >= 0.6 is 0 Å². The number of nitrogens with one attached hydrogen (secondary N) is 1. The van der Waals surface area contributed by atoms with Gasteiger partial charge in [0, 0.05) is 31.9 Å². The van der Waals surface area contributed by atoms with Crippen molar-refractivity contribution in [1.82, 2.24) is 15.2 Å².